The van der Waals surface area contributed by atoms with Gasteiger partial charge in [-0.15, -0.1) is 0 Å². The number of nitrogens with zero attached hydrogens (tertiary/aromatic N) is 3. The van der Waals surface area contributed by atoms with Gasteiger partial charge in [-0.05, 0) is 32.4 Å². The number of carbonyl (C=O) groups is 1. The Bertz CT molecular complexity index is 670. The van der Waals surface area contributed by atoms with E-state index in [0.29, 0.717) is 26.1 Å². The van der Waals surface area contributed by atoms with Gasteiger partial charge in [0.05, 0.1) is 30.5 Å². The fraction of sp³-hybridized carbons (Fsp3) is 0.529. The lowest BCUT2D eigenvalue weighted by Crippen LogP contribution is -2.48. The van der Waals surface area contributed by atoms with E-state index in [2.05, 4.69) is 24.2 Å². The van der Waals surface area contributed by atoms with Crippen molar-refractivity contribution in [3.8, 4) is 0 Å². The number of hydrogen-bond acceptors (Lipinski definition) is 3. The van der Waals surface area contributed by atoms with E-state index in [1.807, 2.05) is 35.7 Å². The number of rotatable bonds is 3. The van der Waals surface area contributed by atoms with Gasteiger partial charge >= 0.3 is 0 Å². The minimum Gasteiger partial charge on any atom is -0.372 e. The molecule has 0 N–H and O–H groups in total. The van der Waals surface area contributed by atoms with Crippen LogP contribution in [0.15, 0.2) is 24.4 Å². The topological polar surface area (TPSA) is 47.4 Å². The first-order chi connectivity index (χ1) is 10.5. The summed E-state index contributed by atoms with van der Waals surface area (Å²) in [5, 5.41) is 5.58. The van der Waals surface area contributed by atoms with Crippen molar-refractivity contribution in [2.45, 2.75) is 45.9 Å². The molecule has 1 amide bonds. The third kappa shape index (κ3) is 2.99. The number of aromatic nitrogens is 2. The van der Waals surface area contributed by atoms with E-state index in [1.165, 1.54) is 5.56 Å². The lowest BCUT2D eigenvalue weighted by Gasteiger charge is -2.35. The molecule has 5 nitrogen and oxygen atoms in total. The first-order valence-electron chi connectivity index (χ1n) is 7.89. The molecule has 3 rings (SSSR count). The van der Waals surface area contributed by atoms with Gasteiger partial charge in [0, 0.05) is 24.9 Å². The van der Waals surface area contributed by atoms with Crippen molar-refractivity contribution in [2.24, 2.45) is 0 Å². The summed E-state index contributed by atoms with van der Waals surface area (Å²) in [5.41, 5.74) is 2.31. The van der Waals surface area contributed by atoms with Crippen molar-refractivity contribution in [1.82, 2.24) is 14.7 Å². The Kier molecular flexibility index (Phi) is 4.16. The molecule has 1 aliphatic rings. The van der Waals surface area contributed by atoms with Crippen LogP contribution in [0.3, 0.4) is 0 Å². The van der Waals surface area contributed by atoms with Crippen molar-refractivity contribution in [2.75, 3.05) is 13.1 Å². The second-order valence-corrected chi connectivity index (χ2v) is 6.18. The summed E-state index contributed by atoms with van der Waals surface area (Å²) in [6.07, 6.45) is 2.58. The maximum Gasteiger partial charge on any atom is 0.224 e. The summed E-state index contributed by atoms with van der Waals surface area (Å²) in [6.45, 7) is 8.09. The quantitative estimate of drug-likeness (QED) is 0.874. The second kappa shape index (κ2) is 6.08. The molecule has 0 aliphatic carbocycles. The molecule has 1 aromatic carbocycles. The predicted octanol–water partition coefficient (Wildman–Crippen LogP) is 2.37. The van der Waals surface area contributed by atoms with Gasteiger partial charge in [-0.3, -0.25) is 9.48 Å². The molecule has 5 heteroatoms. The van der Waals surface area contributed by atoms with Crippen molar-refractivity contribution in [1.29, 1.82) is 0 Å². The smallest absolute Gasteiger partial charge is 0.224 e. The van der Waals surface area contributed by atoms with Crippen molar-refractivity contribution < 1.29 is 9.53 Å². The van der Waals surface area contributed by atoms with Gasteiger partial charge in [0.15, 0.2) is 0 Å². The molecule has 0 spiro atoms. The molecule has 1 fully saturated rings. The van der Waals surface area contributed by atoms with Crippen LogP contribution in [0.25, 0.3) is 10.9 Å². The number of morpholine rings is 1. The number of ether oxygens (including phenoxy) is 1. The van der Waals surface area contributed by atoms with Crippen LogP contribution in [0.2, 0.25) is 0 Å². The van der Waals surface area contributed by atoms with Crippen LogP contribution in [0.5, 0.6) is 0 Å². The third-order valence-electron chi connectivity index (χ3n) is 4.22. The van der Waals surface area contributed by atoms with E-state index in [4.69, 9.17) is 4.74 Å². The Balaban J connectivity index is 1.66. The zero-order chi connectivity index (χ0) is 15.7. The van der Waals surface area contributed by atoms with Crippen molar-refractivity contribution >= 4 is 16.8 Å². The van der Waals surface area contributed by atoms with Crippen LogP contribution in [0.4, 0.5) is 0 Å². The van der Waals surface area contributed by atoms with Gasteiger partial charge in [-0.2, -0.15) is 5.10 Å². The molecule has 0 radical (unpaired) electrons. The van der Waals surface area contributed by atoms with E-state index in [1.54, 1.807) is 0 Å². The normalized spacial score (nSPS) is 22.2. The Labute approximate surface area is 130 Å². The zero-order valence-corrected chi connectivity index (χ0v) is 13.5. The number of aryl methyl sites for hydroxylation is 2. The number of hydrogen-bond donors (Lipinski definition) is 0. The van der Waals surface area contributed by atoms with Crippen LogP contribution in [-0.2, 0) is 16.1 Å². The van der Waals surface area contributed by atoms with Crippen LogP contribution < -0.4 is 0 Å². The first-order valence-corrected chi connectivity index (χ1v) is 7.89. The average Bonchev–Trinajstić information content (AvgIpc) is 2.88. The highest BCUT2D eigenvalue weighted by Gasteiger charge is 2.25. The molecule has 118 valence electrons. The third-order valence-corrected chi connectivity index (χ3v) is 4.22. The van der Waals surface area contributed by atoms with Crippen LogP contribution in [-0.4, -0.2) is 45.9 Å². The molecule has 1 aliphatic heterocycles. The molecule has 2 heterocycles. The minimum absolute atomic E-state index is 0.112. The Hall–Kier alpha value is -1.88. The number of benzene rings is 1. The molecular formula is C17H23N3O2. The number of fused-ring (bicyclic) bond motifs is 1. The molecule has 0 saturated carbocycles. The Morgan fingerprint density at radius 3 is 2.77 bits per heavy atom. The largest absolute Gasteiger partial charge is 0.372 e. The van der Waals surface area contributed by atoms with E-state index >= 15 is 0 Å². The SMILES string of the molecule is Cc1cccc2c1cnn2CCC(=O)N1C[C@@H](C)O[C@@H](C)C1. The van der Waals surface area contributed by atoms with Gasteiger partial charge < -0.3 is 9.64 Å². The number of amides is 1. The summed E-state index contributed by atoms with van der Waals surface area (Å²) in [4.78, 5) is 14.3. The molecule has 0 unspecified atom stereocenters. The van der Waals surface area contributed by atoms with Crippen molar-refractivity contribution in [3.63, 3.8) is 0 Å². The fourth-order valence-corrected chi connectivity index (χ4v) is 3.17. The molecule has 22 heavy (non-hydrogen) atoms. The molecule has 1 saturated heterocycles. The average molecular weight is 301 g/mol. The summed E-state index contributed by atoms with van der Waals surface area (Å²) in [6, 6.07) is 6.16. The van der Waals surface area contributed by atoms with Crippen molar-refractivity contribution in [3.05, 3.63) is 30.0 Å². The zero-order valence-electron chi connectivity index (χ0n) is 13.5. The maximum atomic E-state index is 12.4. The van der Waals surface area contributed by atoms with Gasteiger partial charge in [-0.1, -0.05) is 12.1 Å². The van der Waals surface area contributed by atoms with Gasteiger partial charge in [0.25, 0.3) is 0 Å². The minimum atomic E-state index is 0.112. The van der Waals surface area contributed by atoms with Gasteiger partial charge in [0.1, 0.15) is 0 Å². The molecular weight excluding hydrogens is 278 g/mol. The van der Waals surface area contributed by atoms with Crippen LogP contribution >= 0.6 is 0 Å². The van der Waals surface area contributed by atoms with Crippen LogP contribution in [0, 0.1) is 6.92 Å². The summed E-state index contributed by atoms with van der Waals surface area (Å²) < 4.78 is 7.60. The maximum absolute atomic E-state index is 12.4. The highest BCUT2D eigenvalue weighted by Crippen LogP contribution is 2.18. The van der Waals surface area contributed by atoms with E-state index in [0.717, 1.165) is 10.9 Å². The molecule has 0 bridgehead atoms. The van der Waals surface area contributed by atoms with Gasteiger partial charge in [-0.25, -0.2) is 0 Å². The standard InChI is InChI=1S/C17H23N3O2/c1-12-5-4-6-16-15(12)9-18-20(16)8-7-17(21)19-10-13(2)22-14(3)11-19/h4-6,9,13-14H,7-8,10-11H2,1-3H3/t13-,14+. The highest BCUT2D eigenvalue weighted by atomic mass is 16.5. The van der Waals surface area contributed by atoms with E-state index in [-0.39, 0.29) is 18.1 Å². The van der Waals surface area contributed by atoms with Gasteiger partial charge in [0.2, 0.25) is 5.91 Å². The van der Waals surface area contributed by atoms with E-state index < -0.39 is 0 Å². The highest BCUT2D eigenvalue weighted by molar-refractivity contribution is 5.82. The predicted molar refractivity (Wildman–Crippen MR) is 85.7 cm³/mol. The summed E-state index contributed by atoms with van der Waals surface area (Å²) in [5.74, 6) is 0.179. The lowest BCUT2D eigenvalue weighted by atomic mass is 10.1. The monoisotopic (exact) mass is 301 g/mol. The summed E-state index contributed by atoms with van der Waals surface area (Å²) >= 11 is 0. The lowest BCUT2D eigenvalue weighted by molar-refractivity contribution is -0.143. The Morgan fingerprint density at radius 1 is 1.32 bits per heavy atom. The number of carbonyl (C=O) groups excluding carboxylic acids is 1. The van der Waals surface area contributed by atoms with E-state index in [9.17, 15) is 4.79 Å². The first kappa shape index (κ1) is 15.0. The fourth-order valence-electron chi connectivity index (χ4n) is 3.17. The molecule has 1 aromatic heterocycles. The van der Waals surface area contributed by atoms with Crippen LogP contribution in [0.1, 0.15) is 25.8 Å². The second-order valence-electron chi connectivity index (χ2n) is 6.18. The molecule has 2 atom stereocenters. The summed E-state index contributed by atoms with van der Waals surface area (Å²) in [7, 11) is 0. The molecule has 2 aromatic rings. The Morgan fingerprint density at radius 2 is 2.05 bits per heavy atom.